The predicted molar refractivity (Wildman–Crippen MR) is 90.8 cm³/mol. The van der Waals surface area contributed by atoms with Gasteiger partial charge in [-0.3, -0.25) is 4.79 Å². The molecule has 0 fully saturated rings. The van der Waals surface area contributed by atoms with Crippen LogP contribution in [-0.2, 0) is 6.42 Å². The number of carbonyl (C=O) groups is 1. The van der Waals surface area contributed by atoms with Crippen molar-refractivity contribution < 1.29 is 9.18 Å². The molecule has 0 saturated heterocycles. The third kappa shape index (κ3) is 4.63. The van der Waals surface area contributed by atoms with Crippen molar-refractivity contribution in [2.24, 2.45) is 5.73 Å². The summed E-state index contributed by atoms with van der Waals surface area (Å²) in [6, 6.07) is 14.4. The summed E-state index contributed by atoms with van der Waals surface area (Å²) in [5.41, 5.74) is 7.98. The average molecular weight is 314 g/mol. The van der Waals surface area contributed by atoms with Crippen LogP contribution in [0.25, 0.3) is 0 Å². The lowest BCUT2D eigenvalue weighted by atomic mass is 10.0. The fourth-order valence-corrected chi connectivity index (χ4v) is 2.74. The molecule has 0 aliphatic heterocycles. The van der Waals surface area contributed by atoms with Crippen LogP contribution in [-0.4, -0.2) is 30.4 Å². The van der Waals surface area contributed by atoms with E-state index in [1.54, 1.807) is 24.9 Å². The summed E-state index contributed by atoms with van der Waals surface area (Å²) in [7, 11) is 1.76. The van der Waals surface area contributed by atoms with Crippen molar-refractivity contribution in [3.63, 3.8) is 0 Å². The molecular formula is C19H23FN2O. The molecule has 0 radical (unpaired) electrons. The van der Waals surface area contributed by atoms with Crippen molar-refractivity contribution in [1.82, 2.24) is 4.90 Å². The third-order valence-corrected chi connectivity index (χ3v) is 3.97. The van der Waals surface area contributed by atoms with Gasteiger partial charge in [0.05, 0.1) is 0 Å². The smallest absolute Gasteiger partial charge is 0.253 e. The number of rotatable bonds is 6. The van der Waals surface area contributed by atoms with E-state index in [0.29, 0.717) is 18.5 Å². The lowest BCUT2D eigenvalue weighted by Gasteiger charge is -2.28. The molecule has 2 aromatic carbocycles. The Balaban J connectivity index is 2.19. The minimum Gasteiger partial charge on any atom is -0.338 e. The number of hydrogen-bond donors (Lipinski definition) is 1. The first-order valence-corrected chi connectivity index (χ1v) is 7.79. The van der Waals surface area contributed by atoms with Crippen LogP contribution in [0, 0.1) is 12.7 Å². The first-order chi connectivity index (χ1) is 11.0. The van der Waals surface area contributed by atoms with Gasteiger partial charge < -0.3 is 10.6 Å². The Morgan fingerprint density at radius 2 is 1.91 bits per heavy atom. The molecule has 3 nitrogen and oxygen atoms in total. The average Bonchev–Trinajstić information content (AvgIpc) is 2.53. The van der Waals surface area contributed by atoms with E-state index < -0.39 is 0 Å². The van der Waals surface area contributed by atoms with Crippen molar-refractivity contribution in [3.8, 4) is 0 Å². The van der Waals surface area contributed by atoms with E-state index in [1.807, 2.05) is 30.3 Å². The summed E-state index contributed by atoms with van der Waals surface area (Å²) in [4.78, 5) is 14.3. The molecule has 2 N–H and O–H groups in total. The summed E-state index contributed by atoms with van der Waals surface area (Å²) < 4.78 is 13.6. The number of amides is 1. The van der Waals surface area contributed by atoms with Gasteiger partial charge in [0.2, 0.25) is 0 Å². The number of benzene rings is 2. The van der Waals surface area contributed by atoms with Crippen LogP contribution in [0.2, 0.25) is 0 Å². The standard InChI is InChI=1S/C19H23FN2O/c1-14-10-16(13-17(20)11-14)19(23)22(2)18(8-9-21)12-15-6-4-3-5-7-15/h3-7,10-11,13,18H,8-9,12,21H2,1-2H3. The summed E-state index contributed by atoms with van der Waals surface area (Å²) in [6.07, 6.45) is 1.43. The van der Waals surface area contributed by atoms with Gasteiger partial charge >= 0.3 is 0 Å². The maximum Gasteiger partial charge on any atom is 0.253 e. The maximum absolute atomic E-state index is 13.6. The Hall–Kier alpha value is -2.20. The lowest BCUT2D eigenvalue weighted by molar-refractivity contribution is 0.0724. The first kappa shape index (κ1) is 17.2. The molecule has 0 spiro atoms. The van der Waals surface area contributed by atoms with Crippen LogP contribution in [0.3, 0.4) is 0 Å². The van der Waals surface area contributed by atoms with E-state index in [2.05, 4.69) is 0 Å². The highest BCUT2D eigenvalue weighted by atomic mass is 19.1. The van der Waals surface area contributed by atoms with Crippen LogP contribution in [0.1, 0.15) is 27.9 Å². The number of halogens is 1. The van der Waals surface area contributed by atoms with Crippen LogP contribution in [0.15, 0.2) is 48.5 Å². The zero-order valence-corrected chi connectivity index (χ0v) is 13.6. The predicted octanol–water partition coefficient (Wildman–Crippen LogP) is 3.17. The molecule has 0 saturated carbocycles. The van der Waals surface area contributed by atoms with Crippen molar-refractivity contribution in [1.29, 1.82) is 0 Å². The van der Waals surface area contributed by atoms with Gasteiger partial charge in [-0.1, -0.05) is 30.3 Å². The molecule has 1 amide bonds. The minimum absolute atomic E-state index is 0.0153. The molecule has 2 aromatic rings. The maximum atomic E-state index is 13.6. The van der Waals surface area contributed by atoms with Crippen LogP contribution < -0.4 is 5.73 Å². The molecule has 0 aliphatic rings. The van der Waals surface area contributed by atoms with E-state index in [4.69, 9.17) is 5.73 Å². The first-order valence-electron chi connectivity index (χ1n) is 7.79. The molecular weight excluding hydrogens is 291 g/mol. The number of hydrogen-bond acceptors (Lipinski definition) is 2. The number of nitrogens with zero attached hydrogens (tertiary/aromatic N) is 1. The normalized spacial score (nSPS) is 12.0. The highest BCUT2D eigenvalue weighted by Crippen LogP contribution is 2.16. The highest BCUT2D eigenvalue weighted by molar-refractivity contribution is 5.94. The highest BCUT2D eigenvalue weighted by Gasteiger charge is 2.21. The van der Waals surface area contributed by atoms with Crippen LogP contribution in [0.4, 0.5) is 4.39 Å². The molecule has 23 heavy (non-hydrogen) atoms. The minimum atomic E-state index is -0.389. The van der Waals surface area contributed by atoms with E-state index in [1.165, 1.54) is 12.1 Å². The topological polar surface area (TPSA) is 46.3 Å². The largest absolute Gasteiger partial charge is 0.338 e. The van der Waals surface area contributed by atoms with E-state index in [-0.39, 0.29) is 17.8 Å². The summed E-state index contributed by atoms with van der Waals surface area (Å²) in [6.45, 7) is 2.28. The van der Waals surface area contributed by atoms with Gasteiger partial charge in [-0.25, -0.2) is 4.39 Å². The van der Waals surface area contributed by atoms with E-state index in [9.17, 15) is 9.18 Å². The van der Waals surface area contributed by atoms with Crippen LogP contribution >= 0.6 is 0 Å². The molecule has 1 unspecified atom stereocenters. The van der Waals surface area contributed by atoms with Crippen molar-refractivity contribution in [2.75, 3.05) is 13.6 Å². The van der Waals surface area contributed by atoms with Gasteiger partial charge in [-0.15, -0.1) is 0 Å². The summed E-state index contributed by atoms with van der Waals surface area (Å²) in [5, 5.41) is 0. The SMILES string of the molecule is Cc1cc(F)cc(C(=O)N(C)C(CCN)Cc2ccccc2)c1. The van der Waals surface area contributed by atoms with Gasteiger partial charge in [0, 0.05) is 18.7 Å². The molecule has 122 valence electrons. The Morgan fingerprint density at radius 3 is 2.52 bits per heavy atom. The molecule has 0 heterocycles. The summed E-state index contributed by atoms with van der Waals surface area (Å²) >= 11 is 0. The number of carbonyl (C=O) groups excluding carboxylic acids is 1. The second-order valence-electron chi connectivity index (χ2n) is 5.85. The van der Waals surface area contributed by atoms with Gasteiger partial charge in [-0.2, -0.15) is 0 Å². The second kappa shape index (κ2) is 7.88. The Bertz CT molecular complexity index is 637. The molecule has 4 heteroatoms. The van der Waals surface area contributed by atoms with Gasteiger partial charge in [0.15, 0.2) is 0 Å². The number of aryl methyl sites for hydroxylation is 1. The monoisotopic (exact) mass is 314 g/mol. The molecule has 0 bridgehead atoms. The Morgan fingerprint density at radius 1 is 1.22 bits per heavy atom. The molecule has 2 rings (SSSR count). The molecule has 0 aromatic heterocycles. The third-order valence-electron chi connectivity index (χ3n) is 3.97. The van der Waals surface area contributed by atoms with E-state index >= 15 is 0 Å². The fourth-order valence-electron chi connectivity index (χ4n) is 2.74. The van der Waals surface area contributed by atoms with Crippen LogP contribution in [0.5, 0.6) is 0 Å². The van der Waals surface area contributed by atoms with Crippen molar-refractivity contribution in [2.45, 2.75) is 25.8 Å². The van der Waals surface area contributed by atoms with Crippen molar-refractivity contribution in [3.05, 3.63) is 71.0 Å². The lowest BCUT2D eigenvalue weighted by Crippen LogP contribution is -2.40. The Labute approximate surface area is 136 Å². The quantitative estimate of drug-likeness (QED) is 0.890. The van der Waals surface area contributed by atoms with Crippen molar-refractivity contribution >= 4 is 5.91 Å². The van der Waals surface area contributed by atoms with Gasteiger partial charge in [-0.05, 0) is 55.6 Å². The Kier molecular flexibility index (Phi) is 5.88. The van der Waals surface area contributed by atoms with E-state index in [0.717, 1.165) is 17.5 Å². The second-order valence-corrected chi connectivity index (χ2v) is 5.85. The fraction of sp³-hybridized carbons (Fsp3) is 0.316. The van der Waals surface area contributed by atoms with Gasteiger partial charge in [0.25, 0.3) is 5.91 Å². The van der Waals surface area contributed by atoms with Gasteiger partial charge in [0.1, 0.15) is 5.82 Å². The summed E-state index contributed by atoms with van der Waals surface area (Å²) in [5.74, 6) is -0.567. The zero-order valence-electron chi connectivity index (χ0n) is 13.6. The molecule has 1 atom stereocenters. The number of nitrogens with two attached hydrogens (primary N) is 1. The zero-order chi connectivity index (χ0) is 16.8. The number of likely N-dealkylation sites (N-methyl/N-ethyl adjacent to an activating group) is 1. The molecule has 0 aliphatic carbocycles.